The Kier molecular flexibility index (Phi) is 26.6. The van der Waals surface area contributed by atoms with Gasteiger partial charge >= 0.3 is 44.2 Å². The minimum atomic E-state index is -4.80. The number of unbranched alkanes of at least 4 members (excludes halogenated alkanes) is 3. The first kappa shape index (κ1) is 66.7. The molecule has 0 aliphatic carbocycles. The summed E-state index contributed by atoms with van der Waals surface area (Å²) in [6, 6.07) is 16.0. The van der Waals surface area contributed by atoms with Crippen LogP contribution in [0.15, 0.2) is 103 Å². The molecule has 0 bridgehead atoms. The van der Waals surface area contributed by atoms with Gasteiger partial charge in [0.25, 0.3) is 19.4 Å². The van der Waals surface area contributed by atoms with E-state index in [0.29, 0.717) is 5.69 Å². The van der Waals surface area contributed by atoms with Gasteiger partial charge in [0.1, 0.15) is 42.2 Å². The number of ether oxygens (including phenoxy) is 3. The Morgan fingerprint density at radius 1 is 0.600 bits per heavy atom. The van der Waals surface area contributed by atoms with Crippen molar-refractivity contribution in [3.63, 3.8) is 0 Å². The molecule has 13 nitrogen and oxygen atoms in total. The molecular weight excluding hydrogens is 1210 g/mol. The van der Waals surface area contributed by atoms with Crippen LogP contribution in [0.25, 0.3) is 70.0 Å². The fourth-order valence-electron chi connectivity index (χ4n) is 6.74. The van der Waals surface area contributed by atoms with Crippen LogP contribution in [0.4, 0.5) is 52.7 Å². The molecule has 28 heteroatoms. The van der Waals surface area contributed by atoms with Crippen molar-refractivity contribution in [2.45, 2.75) is 83.0 Å². The quantitative estimate of drug-likeness (QED) is 0.00917. The minimum Gasteiger partial charge on any atom is -0.753 e. The van der Waals surface area contributed by atoms with E-state index in [1.54, 1.807) is 29.7 Å². The molecule has 6 heterocycles. The van der Waals surface area contributed by atoms with Crippen molar-refractivity contribution in [1.29, 1.82) is 0 Å². The number of hydrogen-bond acceptors (Lipinski definition) is 13. The molecule has 0 radical (unpaired) electrons. The zero-order valence-corrected chi connectivity index (χ0v) is 44.5. The predicted octanol–water partition coefficient (Wildman–Crippen LogP) is 14.7. The summed E-state index contributed by atoms with van der Waals surface area (Å²) in [4.78, 5) is 51.6. The third-order valence-electron chi connectivity index (χ3n) is 9.92. The maximum atomic E-state index is 13.1. The van der Waals surface area contributed by atoms with E-state index in [4.69, 9.17) is 5.41 Å². The number of aromatic nitrogens is 6. The van der Waals surface area contributed by atoms with Crippen molar-refractivity contribution in [1.82, 2.24) is 30.1 Å². The van der Waals surface area contributed by atoms with Gasteiger partial charge in [-0.3, -0.25) is 29.3 Å². The summed E-state index contributed by atoms with van der Waals surface area (Å²) < 4.78 is 169. The fourth-order valence-corrected chi connectivity index (χ4v) is 7.70. The average molecular weight is 1250 g/mol. The molecule has 6 rings (SSSR count). The smallest absolute Gasteiger partial charge is 0.753 e. The zero-order chi connectivity index (χ0) is 58.2. The molecule has 6 aromatic rings. The molecule has 0 atom stereocenters. The van der Waals surface area contributed by atoms with Gasteiger partial charge < -0.3 is 29.8 Å². The molecule has 0 unspecified atom stereocenters. The summed E-state index contributed by atoms with van der Waals surface area (Å²) >= 11 is 5.47. The second-order valence-electron chi connectivity index (χ2n) is 16.1. The Morgan fingerprint density at radius 3 is 1.48 bits per heavy atom. The van der Waals surface area contributed by atoms with E-state index in [0.717, 1.165) is 53.5 Å². The molecule has 0 aliphatic rings. The standard InChI is InChI=1S/C30H20F9N3O6.C21H21F3N3S.CNS.Ru/c31-28(32,33)12-21(46-15-43)5-18-1-3-40-24(8-18)26-10-20(7-23(48-17-45)14-30(37,38)39)11-27(42-26)25-9-19(2-4-41-25)6-22(47-16-44)13-29(34,35)36;1-2-3-4-5-6-16-9-10-17(28-16)8-7-15-11-12-25-18(13-15)19-14-20(27-26-19)21(22,23)24;2-1-3;/h1-11,15-17H,12-14H2;7-14H,2-6H2,1H3;;/q;2*-1;+2/b21-5+,22-6+,23-7+;8-7+;;. The van der Waals surface area contributed by atoms with Crippen molar-refractivity contribution >= 4 is 78.5 Å². The number of hydrogen-bond donors (Lipinski definition) is 0. The number of halogens is 12. The van der Waals surface area contributed by atoms with Crippen molar-refractivity contribution in [2.24, 2.45) is 0 Å². The average Bonchev–Trinajstić information content (AvgIpc) is 4.06. The molecule has 0 aromatic carbocycles. The van der Waals surface area contributed by atoms with Crippen LogP contribution in [0.5, 0.6) is 0 Å². The van der Waals surface area contributed by atoms with E-state index in [9.17, 15) is 67.1 Å². The number of pyridine rings is 4. The first-order valence-electron chi connectivity index (χ1n) is 22.7. The number of alkyl halides is 12. The Hall–Kier alpha value is -7.54. The Labute approximate surface area is 470 Å². The van der Waals surface area contributed by atoms with Gasteiger partial charge in [0.2, 0.25) is 0 Å². The third kappa shape index (κ3) is 24.6. The maximum absolute atomic E-state index is 13.1. The van der Waals surface area contributed by atoms with Gasteiger partial charge in [0.05, 0.1) is 22.8 Å². The zero-order valence-electron chi connectivity index (χ0n) is 41.1. The van der Waals surface area contributed by atoms with E-state index < -0.39 is 66.9 Å². The molecular formula is C52H41F12N7O6RuS2. The largest absolute Gasteiger partial charge is 2.00 e. The van der Waals surface area contributed by atoms with Crippen LogP contribution < -0.4 is 5.10 Å². The maximum Gasteiger partial charge on any atom is 2.00 e. The molecule has 0 saturated heterocycles. The van der Waals surface area contributed by atoms with Crippen molar-refractivity contribution < 1.29 is 101 Å². The summed E-state index contributed by atoms with van der Waals surface area (Å²) in [5.41, 5.74) is 0.0787. The molecule has 0 aliphatic heterocycles. The summed E-state index contributed by atoms with van der Waals surface area (Å²) in [5.74, 6) is -2.36. The molecule has 6 aromatic heterocycles. The van der Waals surface area contributed by atoms with Crippen LogP contribution in [0.2, 0.25) is 0 Å². The van der Waals surface area contributed by atoms with Crippen molar-refractivity contribution in [3.05, 3.63) is 146 Å². The summed E-state index contributed by atoms with van der Waals surface area (Å²) in [6.45, 7) is 1.58. The van der Waals surface area contributed by atoms with E-state index in [-0.39, 0.29) is 84.1 Å². The van der Waals surface area contributed by atoms with Gasteiger partial charge in [0, 0.05) is 34.0 Å². The number of thiophene rings is 1. The molecule has 0 fully saturated rings. The van der Waals surface area contributed by atoms with Crippen LogP contribution in [0.3, 0.4) is 0 Å². The second kappa shape index (κ2) is 31.9. The van der Waals surface area contributed by atoms with Crippen LogP contribution in [0.1, 0.15) is 89.6 Å². The number of thiocarbonyl (C=S) groups is 1. The monoisotopic (exact) mass is 1250 g/mol. The third-order valence-corrected chi connectivity index (χ3v) is 11.0. The number of isothiocyanates is 1. The summed E-state index contributed by atoms with van der Waals surface area (Å²) in [6.07, 6.45) is -7.06. The number of carbonyl (C=O) groups excluding carboxylic acids is 3. The van der Waals surface area contributed by atoms with Gasteiger partial charge in [-0.2, -0.15) is 57.8 Å². The normalized spacial score (nSPS) is 12.2. The number of rotatable bonds is 22. The number of aryl methyl sites for hydroxylation is 1. The van der Waals surface area contributed by atoms with Crippen molar-refractivity contribution in [3.8, 4) is 34.2 Å². The molecule has 80 heavy (non-hydrogen) atoms. The van der Waals surface area contributed by atoms with Gasteiger partial charge in [0.15, 0.2) is 0 Å². The summed E-state index contributed by atoms with van der Waals surface area (Å²) in [7, 11) is 0. The Balaban J connectivity index is 0.000000444. The van der Waals surface area contributed by atoms with E-state index >= 15 is 0 Å². The predicted molar refractivity (Wildman–Crippen MR) is 271 cm³/mol. The van der Waals surface area contributed by atoms with Crippen LogP contribution >= 0.6 is 23.6 Å². The fraction of sp³-hybridized carbons (Fsp3) is 0.250. The Bertz CT molecular complexity index is 3050. The van der Waals surface area contributed by atoms with Crippen molar-refractivity contribution in [2.75, 3.05) is 0 Å². The van der Waals surface area contributed by atoms with E-state index in [1.807, 2.05) is 12.2 Å². The van der Waals surface area contributed by atoms with Gasteiger partial charge in [-0.05, 0) is 126 Å². The number of carbonyl (C=O) groups is 3. The van der Waals surface area contributed by atoms with Gasteiger partial charge in [-0.15, -0.1) is 11.3 Å². The topological polar surface area (TPSA) is 180 Å². The van der Waals surface area contributed by atoms with Gasteiger partial charge in [-0.25, -0.2) is 4.98 Å². The van der Waals surface area contributed by atoms with Crippen LogP contribution in [0, 0.1) is 0 Å². The minimum absolute atomic E-state index is 0. The second-order valence-corrected chi connectivity index (χ2v) is 17.5. The molecule has 424 valence electrons. The van der Waals surface area contributed by atoms with E-state index in [1.165, 1.54) is 72.1 Å². The SMILES string of the molecule is CCCCCCc1ccc(/C=C/c2ccnc(-c3cc(C(F)(F)F)n[n-]3)c2)s1.O=CO/C(=C/c1ccnc(-c2cc(/C=C(\CC(F)(F)F)OC=O)cc(-c3cc(/C=C(\CC(F)(F)F)OC=O)ccn3)n2)c1)CC(F)(F)F.[N-]=C=S.[Ru+2]. The van der Waals surface area contributed by atoms with Crippen LogP contribution in [-0.2, 0) is 60.7 Å². The number of allylic oxidation sites excluding steroid dienone is 3. The number of nitrogens with zero attached hydrogens (tertiary/aromatic N) is 7. The van der Waals surface area contributed by atoms with Crippen LogP contribution in [-0.4, -0.2) is 68.1 Å². The molecule has 0 N–H and O–H groups in total. The Morgan fingerprint density at radius 2 is 1.04 bits per heavy atom. The van der Waals surface area contributed by atoms with Gasteiger partial charge in [-0.1, -0.05) is 50.2 Å². The first-order chi connectivity index (χ1) is 37.3. The summed E-state index contributed by atoms with van der Waals surface area (Å²) in [5, 5.41) is 15.3. The molecule has 0 amide bonds. The molecule has 0 saturated carbocycles. The first-order valence-corrected chi connectivity index (χ1v) is 24.0. The van der Waals surface area contributed by atoms with E-state index in [2.05, 4.69) is 75.6 Å². The molecule has 0 spiro atoms.